The molecule has 6 heteroatoms. The lowest BCUT2D eigenvalue weighted by Gasteiger charge is -2.11. The molecule has 2 aromatic rings. The quantitative estimate of drug-likeness (QED) is 0.668. The molecule has 0 aliphatic carbocycles. The van der Waals surface area contributed by atoms with Gasteiger partial charge in [-0.1, -0.05) is 12.1 Å². The molecule has 2 aromatic carbocycles. The maximum atomic E-state index is 12.4. The summed E-state index contributed by atoms with van der Waals surface area (Å²) >= 11 is 0. The van der Waals surface area contributed by atoms with Crippen molar-refractivity contribution < 1.29 is 19.1 Å². The number of amides is 2. The van der Waals surface area contributed by atoms with E-state index in [-0.39, 0.29) is 17.4 Å². The van der Waals surface area contributed by atoms with Gasteiger partial charge in [-0.15, -0.1) is 0 Å². The number of hydrogen-bond donors (Lipinski definition) is 2. The van der Waals surface area contributed by atoms with Gasteiger partial charge in [-0.2, -0.15) is 0 Å². The van der Waals surface area contributed by atoms with Crippen LogP contribution in [0.25, 0.3) is 0 Å². The van der Waals surface area contributed by atoms with Gasteiger partial charge in [0, 0.05) is 25.2 Å². The smallest absolute Gasteiger partial charge is 0.343 e. The van der Waals surface area contributed by atoms with E-state index in [1.54, 1.807) is 24.3 Å². The molecule has 124 valence electrons. The highest BCUT2D eigenvalue weighted by Gasteiger charge is 2.13. The normalized spacial score (nSPS) is 9.96. The van der Waals surface area contributed by atoms with Crippen LogP contribution in [0.2, 0.25) is 0 Å². The van der Waals surface area contributed by atoms with Crippen LogP contribution < -0.4 is 15.4 Å². The van der Waals surface area contributed by atoms with Crippen molar-refractivity contribution >= 4 is 29.2 Å². The van der Waals surface area contributed by atoms with Crippen LogP contribution in [0.1, 0.15) is 29.8 Å². The molecule has 6 nitrogen and oxygen atoms in total. The van der Waals surface area contributed by atoms with Crippen LogP contribution in [-0.2, 0) is 9.59 Å². The highest BCUT2D eigenvalue weighted by molar-refractivity contribution is 5.98. The van der Waals surface area contributed by atoms with Gasteiger partial charge in [0.15, 0.2) is 0 Å². The number of esters is 1. The minimum absolute atomic E-state index is 0.214. The average Bonchev–Trinajstić information content (AvgIpc) is 2.45. The van der Waals surface area contributed by atoms with Crippen LogP contribution in [-0.4, -0.2) is 17.8 Å². The van der Waals surface area contributed by atoms with E-state index in [4.69, 9.17) is 4.74 Å². The molecule has 0 saturated carbocycles. The molecule has 0 radical (unpaired) electrons. The number of aryl methyl sites for hydroxylation is 1. The van der Waals surface area contributed by atoms with E-state index >= 15 is 0 Å². The molecular formula is C18H18N2O4. The molecule has 0 heterocycles. The molecule has 0 atom stereocenters. The van der Waals surface area contributed by atoms with Crippen molar-refractivity contribution in [1.82, 2.24) is 0 Å². The summed E-state index contributed by atoms with van der Waals surface area (Å²) in [6.07, 6.45) is 0. The molecule has 0 unspecified atom stereocenters. The van der Waals surface area contributed by atoms with Gasteiger partial charge < -0.3 is 15.4 Å². The summed E-state index contributed by atoms with van der Waals surface area (Å²) in [5, 5.41) is 5.18. The van der Waals surface area contributed by atoms with Gasteiger partial charge >= 0.3 is 5.97 Å². The topological polar surface area (TPSA) is 84.5 Å². The second-order valence-corrected chi connectivity index (χ2v) is 5.37. The van der Waals surface area contributed by atoms with Gasteiger partial charge in [0.25, 0.3) is 0 Å². The van der Waals surface area contributed by atoms with E-state index in [1.165, 1.54) is 26.0 Å². The highest BCUT2D eigenvalue weighted by Crippen LogP contribution is 2.21. The van der Waals surface area contributed by atoms with Crippen LogP contribution in [0.5, 0.6) is 5.75 Å². The number of benzene rings is 2. The first-order chi connectivity index (χ1) is 11.3. The van der Waals surface area contributed by atoms with E-state index in [0.717, 1.165) is 5.56 Å². The zero-order valence-corrected chi connectivity index (χ0v) is 13.7. The van der Waals surface area contributed by atoms with Crippen molar-refractivity contribution in [1.29, 1.82) is 0 Å². The third-order valence-corrected chi connectivity index (χ3v) is 3.01. The molecule has 24 heavy (non-hydrogen) atoms. The Kier molecular flexibility index (Phi) is 5.31. The van der Waals surface area contributed by atoms with Crippen molar-refractivity contribution in [3.63, 3.8) is 0 Å². The third kappa shape index (κ3) is 4.95. The molecule has 0 saturated heterocycles. The molecule has 0 spiro atoms. The van der Waals surface area contributed by atoms with Crippen molar-refractivity contribution in [2.75, 3.05) is 10.6 Å². The zero-order valence-electron chi connectivity index (χ0n) is 13.7. The summed E-state index contributed by atoms with van der Waals surface area (Å²) in [5.74, 6) is -0.730. The largest absolute Gasteiger partial charge is 0.423 e. The fourth-order valence-corrected chi connectivity index (χ4v) is 2.14. The van der Waals surface area contributed by atoms with Crippen molar-refractivity contribution in [3.05, 3.63) is 53.6 Å². The molecule has 0 aliphatic rings. The lowest BCUT2D eigenvalue weighted by molar-refractivity contribution is -0.115. The Morgan fingerprint density at radius 1 is 0.875 bits per heavy atom. The Labute approximate surface area is 139 Å². The monoisotopic (exact) mass is 326 g/mol. The molecule has 2 amide bonds. The van der Waals surface area contributed by atoms with E-state index in [0.29, 0.717) is 17.1 Å². The van der Waals surface area contributed by atoms with Crippen LogP contribution in [0.4, 0.5) is 11.4 Å². The predicted octanol–water partition coefficient (Wildman–Crippen LogP) is 3.13. The molecule has 2 rings (SSSR count). The van der Waals surface area contributed by atoms with Gasteiger partial charge in [0.1, 0.15) is 5.75 Å². The second-order valence-electron chi connectivity index (χ2n) is 5.37. The van der Waals surface area contributed by atoms with Crippen molar-refractivity contribution in [3.8, 4) is 5.75 Å². The lowest BCUT2D eigenvalue weighted by atomic mass is 10.1. The fourth-order valence-electron chi connectivity index (χ4n) is 2.14. The first kappa shape index (κ1) is 17.2. The predicted molar refractivity (Wildman–Crippen MR) is 91.2 cm³/mol. The molecule has 2 N–H and O–H groups in total. The van der Waals surface area contributed by atoms with E-state index in [2.05, 4.69) is 10.6 Å². The average molecular weight is 326 g/mol. The number of carbonyl (C=O) groups excluding carboxylic acids is 3. The van der Waals surface area contributed by atoms with Crippen molar-refractivity contribution in [2.45, 2.75) is 20.8 Å². The van der Waals surface area contributed by atoms with E-state index in [1.807, 2.05) is 13.0 Å². The van der Waals surface area contributed by atoms with Crippen LogP contribution in [0.15, 0.2) is 42.5 Å². The second kappa shape index (κ2) is 7.41. The molecule has 0 aromatic heterocycles. The Hall–Kier alpha value is -3.15. The maximum Gasteiger partial charge on any atom is 0.343 e. The number of nitrogens with one attached hydrogen (secondary N) is 2. The van der Waals surface area contributed by atoms with Gasteiger partial charge in [-0.3, -0.25) is 9.59 Å². The highest BCUT2D eigenvalue weighted by atomic mass is 16.5. The summed E-state index contributed by atoms with van der Waals surface area (Å²) in [6, 6.07) is 11.6. The Balaban J connectivity index is 2.30. The lowest BCUT2D eigenvalue weighted by Crippen LogP contribution is -2.13. The van der Waals surface area contributed by atoms with Crippen LogP contribution in [0, 0.1) is 6.92 Å². The van der Waals surface area contributed by atoms with Crippen molar-refractivity contribution in [2.24, 2.45) is 0 Å². The first-order valence-corrected chi connectivity index (χ1v) is 7.32. The minimum Gasteiger partial charge on any atom is -0.423 e. The number of rotatable bonds is 4. The van der Waals surface area contributed by atoms with Crippen LogP contribution >= 0.6 is 0 Å². The molecule has 0 fully saturated rings. The number of ether oxygens (including phenoxy) is 1. The summed E-state index contributed by atoms with van der Waals surface area (Å²) in [6.45, 7) is 4.61. The third-order valence-electron chi connectivity index (χ3n) is 3.01. The minimum atomic E-state index is -0.584. The van der Waals surface area contributed by atoms with Crippen LogP contribution in [0.3, 0.4) is 0 Å². The standard InChI is InChI=1S/C18H18N2O4/c1-11-5-4-6-17(7-11)24-18(23)14-8-15(19-12(2)21)10-16(9-14)20-13(3)22/h4-10H,1-3H3,(H,19,21)(H,20,22). The Morgan fingerprint density at radius 3 is 1.96 bits per heavy atom. The van der Waals surface area contributed by atoms with Gasteiger partial charge in [0.05, 0.1) is 5.56 Å². The fraction of sp³-hybridized carbons (Fsp3) is 0.167. The van der Waals surface area contributed by atoms with Gasteiger partial charge in [0.2, 0.25) is 11.8 Å². The summed E-state index contributed by atoms with van der Waals surface area (Å²) in [5.41, 5.74) is 1.97. The number of hydrogen-bond acceptors (Lipinski definition) is 4. The Morgan fingerprint density at radius 2 is 1.46 bits per heavy atom. The SMILES string of the molecule is CC(=O)Nc1cc(NC(C)=O)cc(C(=O)Oc2cccc(C)c2)c1. The molecular weight excluding hydrogens is 308 g/mol. The number of carbonyl (C=O) groups is 3. The molecule has 0 aliphatic heterocycles. The van der Waals surface area contributed by atoms with E-state index < -0.39 is 5.97 Å². The zero-order chi connectivity index (χ0) is 17.7. The maximum absolute atomic E-state index is 12.4. The van der Waals surface area contributed by atoms with Gasteiger partial charge in [-0.25, -0.2) is 4.79 Å². The summed E-state index contributed by atoms with van der Waals surface area (Å²) < 4.78 is 5.34. The first-order valence-electron chi connectivity index (χ1n) is 7.32. The summed E-state index contributed by atoms with van der Waals surface area (Å²) in [4.78, 5) is 34.8. The van der Waals surface area contributed by atoms with E-state index in [9.17, 15) is 14.4 Å². The van der Waals surface area contributed by atoms with Gasteiger partial charge in [-0.05, 0) is 42.8 Å². The number of anilines is 2. The molecule has 0 bridgehead atoms. The Bertz CT molecular complexity index is 765. The summed E-state index contributed by atoms with van der Waals surface area (Å²) in [7, 11) is 0.